The number of urea groups is 1. The third kappa shape index (κ3) is 5.15. The van der Waals surface area contributed by atoms with Gasteiger partial charge in [-0.2, -0.15) is 0 Å². The minimum atomic E-state index is 0.0423. The number of carbonyl (C=O) groups is 2. The molecule has 0 saturated carbocycles. The number of allylic oxidation sites excluding steroid dienone is 8. The zero-order chi connectivity index (χ0) is 20.9. The molecule has 6 nitrogen and oxygen atoms in total. The first-order chi connectivity index (χ1) is 14.6. The molecule has 162 valence electrons. The van der Waals surface area contributed by atoms with E-state index in [1.165, 1.54) is 12.1 Å². The maximum Gasteiger partial charge on any atom is 0.321 e. The van der Waals surface area contributed by atoms with Gasteiger partial charge in [-0.3, -0.25) is 4.79 Å². The lowest BCUT2D eigenvalue weighted by Crippen LogP contribution is -2.44. The van der Waals surface area contributed by atoms with Gasteiger partial charge in [0, 0.05) is 50.5 Å². The molecule has 2 fully saturated rings. The first kappa shape index (κ1) is 20.8. The van der Waals surface area contributed by atoms with E-state index < -0.39 is 0 Å². The number of carbonyl (C=O) groups excluding carboxylic acids is 2. The molecule has 4 rings (SSSR count). The van der Waals surface area contributed by atoms with E-state index in [2.05, 4.69) is 39.8 Å². The van der Waals surface area contributed by atoms with Crippen LogP contribution in [0.1, 0.15) is 51.9 Å². The average molecular weight is 411 g/mol. The Balaban J connectivity index is 1.24. The number of rotatable bonds is 4. The molecular formula is C24H34N4O2. The van der Waals surface area contributed by atoms with Gasteiger partial charge in [0.2, 0.25) is 5.91 Å². The van der Waals surface area contributed by atoms with Crippen LogP contribution in [0.15, 0.2) is 47.3 Å². The fourth-order valence-electron chi connectivity index (χ4n) is 5.05. The first-order valence-corrected chi connectivity index (χ1v) is 11.4. The highest BCUT2D eigenvalue weighted by molar-refractivity contribution is 5.76. The highest BCUT2D eigenvalue weighted by Gasteiger charge is 2.27. The Hall–Kier alpha value is -2.50. The third-order valence-electron chi connectivity index (χ3n) is 6.75. The lowest BCUT2D eigenvalue weighted by atomic mass is 9.85. The number of hydrogen-bond acceptors (Lipinski definition) is 3. The molecule has 0 aromatic heterocycles. The van der Waals surface area contributed by atoms with Crippen molar-refractivity contribution in [3.8, 4) is 0 Å². The van der Waals surface area contributed by atoms with E-state index >= 15 is 0 Å². The Bertz CT molecular complexity index is 787. The van der Waals surface area contributed by atoms with Crippen LogP contribution in [0.2, 0.25) is 0 Å². The maximum atomic E-state index is 12.7. The molecule has 30 heavy (non-hydrogen) atoms. The second-order valence-corrected chi connectivity index (χ2v) is 8.88. The van der Waals surface area contributed by atoms with Gasteiger partial charge in [-0.25, -0.2) is 4.79 Å². The van der Waals surface area contributed by atoms with Gasteiger partial charge in [0.1, 0.15) is 0 Å². The lowest BCUT2D eigenvalue weighted by Gasteiger charge is -2.34. The summed E-state index contributed by atoms with van der Waals surface area (Å²) in [5, 5.41) is 6.14. The summed E-state index contributed by atoms with van der Waals surface area (Å²) in [4.78, 5) is 28.3. The van der Waals surface area contributed by atoms with Gasteiger partial charge in [-0.1, -0.05) is 23.8 Å². The summed E-state index contributed by atoms with van der Waals surface area (Å²) in [5.74, 6) is 0.681. The van der Waals surface area contributed by atoms with Crippen LogP contribution in [-0.4, -0.2) is 54.0 Å². The number of hydrogen-bond donors (Lipinski definition) is 2. The van der Waals surface area contributed by atoms with Crippen LogP contribution in [0.3, 0.4) is 0 Å². The highest BCUT2D eigenvalue weighted by atomic mass is 16.2. The van der Waals surface area contributed by atoms with Crippen molar-refractivity contribution in [2.45, 2.75) is 57.9 Å². The molecule has 0 spiro atoms. The Morgan fingerprint density at radius 3 is 2.50 bits per heavy atom. The van der Waals surface area contributed by atoms with Crippen molar-refractivity contribution in [1.29, 1.82) is 0 Å². The second kappa shape index (κ2) is 9.54. The normalized spacial score (nSPS) is 24.8. The van der Waals surface area contributed by atoms with Gasteiger partial charge in [-0.05, 0) is 63.0 Å². The number of nitrogens with one attached hydrogen (secondary N) is 2. The van der Waals surface area contributed by atoms with Crippen LogP contribution >= 0.6 is 0 Å². The highest BCUT2D eigenvalue weighted by Crippen LogP contribution is 2.30. The molecule has 0 radical (unpaired) electrons. The van der Waals surface area contributed by atoms with E-state index in [0.29, 0.717) is 5.92 Å². The SMILES string of the molecule is CC(=O)NC1CCN(C2=CC=C(NC(=O)N3CCC(C4=CC=CCC4)CC3)CC2)C1. The van der Waals surface area contributed by atoms with E-state index in [1.807, 2.05) is 11.0 Å². The van der Waals surface area contributed by atoms with Gasteiger partial charge in [0.25, 0.3) is 0 Å². The predicted octanol–water partition coefficient (Wildman–Crippen LogP) is 3.46. The number of likely N-dealkylation sites (tertiary alicyclic amines) is 2. The summed E-state index contributed by atoms with van der Waals surface area (Å²) in [6.07, 6.45) is 18.1. The maximum absolute atomic E-state index is 12.7. The van der Waals surface area contributed by atoms with Crippen LogP contribution in [0.5, 0.6) is 0 Å². The fourth-order valence-corrected chi connectivity index (χ4v) is 5.05. The van der Waals surface area contributed by atoms with Gasteiger partial charge in [-0.15, -0.1) is 0 Å². The Labute approximate surface area is 179 Å². The van der Waals surface area contributed by atoms with Crippen molar-refractivity contribution in [1.82, 2.24) is 20.4 Å². The van der Waals surface area contributed by atoms with Crippen LogP contribution in [-0.2, 0) is 4.79 Å². The fraction of sp³-hybridized carbons (Fsp3) is 0.583. The van der Waals surface area contributed by atoms with E-state index in [9.17, 15) is 9.59 Å². The largest absolute Gasteiger partial charge is 0.373 e. The Kier molecular flexibility index (Phi) is 6.60. The van der Waals surface area contributed by atoms with Crippen LogP contribution in [0.25, 0.3) is 0 Å². The van der Waals surface area contributed by atoms with E-state index in [4.69, 9.17) is 0 Å². The standard InChI is InChI=1S/C24H34N4O2/c1-18(29)25-22-13-16-28(17-22)23-9-7-21(8-10-23)26-24(30)27-14-11-20(12-15-27)19-5-3-2-4-6-19/h2-3,5,7,9,20,22H,4,6,8,10-17H2,1H3,(H,25,29)(H,26,30). The third-order valence-corrected chi connectivity index (χ3v) is 6.75. The molecule has 2 saturated heterocycles. The molecule has 0 aromatic carbocycles. The molecule has 0 bridgehead atoms. The zero-order valence-corrected chi connectivity index (χ0v) is 18.0. The topological polar surface area (TPSA) is 64.7 Å². The molecule has 2 aliphatic carbocycles. The molecule has 2 N–H and O–H groups in total. The van der Waals surface area contributed by atoms with Gasteiger partial charge >= 0.3 is 6.03 Å². The van der Waals surface area contributed by atoms with Crippen molar-refractivity contribution in [3.63, 3.8) is 0 Å². The predicted molar refractivity (Wildman–Crippen MR) is 118 cm³/mol. The second-order valence-electron chi connectivity index (χ2n) is 8.88. The minimum Gasteiger partial charge on any atom is -0.373 e. The van der Waals surface area contributed by atoms with Crippen molar-refractivity contribution in [3.05, 3.63) is 47.3 Å². The van der Waals surface area contributed by atoms with Crippen LogP contribution in [0, 0.1) is 5.92 Å². The smallest absolute Gasteiger partial charge is 0.321 e. The molecule has 6 heteroatoms. The summed E-state index contributed by atoms with van der Waals surface area (Å²) >= 11 is 0. The molecule has 1 unspecified atom stereocenters. The Morgan fingerprint density at radius 2 is 1.83 bits per heavy atom. The van der Waals surface area contributed by atoms with Crippen molar-refractivity contribution < 1.29 is 9.59 Å². The van der Waals surface area contributed by atoms with Gasteiger partial charge in [0.05, 0.1) is 0 Å². The quantitative estimate of drug-likeness (QED) is 0.746. The summed E-state index contributed by atoms with van der Waals surface area (Å²) < 4.78 is 0. The molecule has 3 amide bonds. The summed E-state index contributed by atoms with van der Waals surface area (Å²) in [7, 11) is 0. The Morgan fingerprint density at radius 1 is 1.00 bits per heavy atom. The summed E-state index contributed by atoms with van der Waals surface area (Å²) in [6.45, 7) is 5.11. The monoisotopic (exact) mass is 410 g/mol. The molecular weight excluding hydrogens is 376 g/mol. The van der Waals surface area contributed by atoms with Crippen molar-refractivity contribution >= 4 is 11.9 Å². The number of amides is 3. The van der Waals surface area contributed by atoms with Crippen molar-refractivity contribution in [2.24, 2.45) is 5.92 Å². The lowest BCUT2D eigenvalue weighted by molar-refractivity contribution is -0.119. The van der Waals surface area contributed by atoms with Gasteiger partial charge in [0.15, 0.2) is 0 Å². The van der Waals surface area contributed by atoms with E-state index in [0.717, 1.165) is 70.4 Å². The average Bonchev–Trinajstić information content (AvgIpc) is 3.23. The van der Waals surface area contributed by atoms with Crippen LogP contribution < -0.4 is 10.6 Å². The molecule has 2 heterocycles. The van der Waals surface area contributed by atoms with E-state index in [-0.39, 0.29) is 18.0 Å². The summed E-state index contributed by atoms with van der Waals surface area (Å²) in [5.41, 5.74) is 3.87. The molecule has 0 aromatic rings. The van der Waals surface area contributed by atoms with E-state index in [1.54, 1.807) is 12.5 Å². The number of nitrogens with zero attached hydrogens (tertiary/aromatic N) is 2. The first-order valence-electron chi connectivity index (χ1n) is 11.4. The minimum absolute atomic E-state index is 0.0423. The summed E-state index contributed by atoms with van der Waals surface area (Å²) in [6, 6.07) is 0.290. The number of piperidine rings is 1. The zero-order valence-electron chi connectivity index (χ0n) is 18.0. The molecule has 2 aliphatic heterocycles. The van der Waals surface area contributed by atoms with Crippen LogP contribution in [0.4, 0.5) is 4.79 Å². The molecule has 4 aliphatic rings. The van der Waals surface area contributed by atoms with Crippen molar-refractivity contribution in [2.75, 3.05) is 26.2 Å². The van der Waals surface area contributed by atoms with Gasteiger partial charge < -0.3 is 20.4 Å². The molecule has 1 atom stereocenters.